The van der Waals surface area contributed by atoms with Crippen LogP contribution in [-0.2, 0) is 14.3 Å². The van der Waals surface area contributed by atoms with Crippen molar-refractivity contribution in [1.29, 1.82) is 0 Å². The summed E-state index contributed by atoms with van der Waals surface area (Å²) in [7, 11) is 0. The fourth-order valence-electron chi connectivity index (χ4n) is 1.42. The highest BCUT2D eigenvalue weighted by molar-refractivity contribution is 6.00. The molecule has 1 fully saturated rings. The number of rotatable bonds is 5. The lowest BCUT2D eigenvalue weighted by molar-refractivity contribution is -0.134. The van der Waals surface area contributed by atoms with Gasteiger partial charge in [-0.15, -0.1) is 0 Å². The molecule has 1 aliphatic rings. The molecule has 5 nitrogen and oxygen atoms in total. The summed E-state index contributed by atoms with van der Waals surface area (Å²) < 4.78 is 5.33. The van der Waals surface area contributed by atoms with Gasteiger partial charge in [0.2, 0.25) is 11.8 Å². The van der Waals surface area contributed by atoms with Crippen molar-refractivity contribution in [2.45, 2.75) is 38.8 Å². The highest BCUT2D eigenvalue weighted by atomic mass is 16.5. The van der Waals surface area contributed by atoms with E-state index < -0.39 is 0 Å². The first-order valence-electron chi connectivity index (χ1n) is 5.28. The molecule has 5 heteroatoms. The van der Waals surface area contributed by atoms with Gasteiger partial charge in [0.1, 0.15) is 0 Å². The molecular weight excluding hydrogens is 196 g/mol. The third-order valence-electron chi connectivity index (χ3n) is 2.18. The lowest BCUT2D eigenvalue weighted by Crippen LogP contribution is -2.51. The van der Waals surface area contributed by atoms with Crippen LogP contribution in [-0.4, -0.2) is 37.1 Å². The van der Waals surface area contributed by atoms with E-state index in [1.165, 1.54) is 0 Å². The van der Waals surface area contributed by atoms with Gasteiger partial charge in [-0.1, -0.05) is 0 Å². The predicted octanol–water partition coefficient (Wildman–Crippen LogP) is -0.194. The second kappa shape index (κ2) is 5.82. The van der Waals surface area contributed by atoms with Crippen molar-refractivity contribution in [1.82, 2.24) is 10.6 Å². The van der Waals surface area contributed by atoms with Gasteiger partial charge in [-0.3, -0.25) is 14.9 Å². The third-order valence-corrected chi connectivity index (χ3v) is 2.18. The molecule has 1 saturated heterocycles. The zero-order valence-corrected chi connectivity index (χ0v) is 9.21. The quantitative estimate of drug-likeness (QED) is 0.491. The molecule has 0 saturated carbocycles. The van der Waals surface area contributed by atoms with Gasteiger partial charge in [-0.25, -0.2) is 0 Å². The summed E-state index contributed by atoms with van der Waals surface area (Å²) in [6.07, 6.45) is 1.19. The smallest absolute Gasteiger partial charge is 0.243 e. The van der Waals surface area contributed by atoms with Crippen molar-refractivity contribution in [2.24, 2.45) is 0 Å². The molecule has 0 aromatic carbocycles. The maximum Gasteiger partial charge on any atom is 0.243 e. The van der Waals surface area contributed by atoms with Crippen molar-refractivity contribution in [3.63, 3.8) is 0 Å². The van der Waals surface area contributed by atoms with Gasteiger partial charge >= 0.3 is 0 Å². The Bertz CT molecular complexity index is 241. The van der Waals surface area contributed by atoms with Crippen LogP contribution in [0.1, 0.15) is 26.7 Å². The highest BCUT2D eigenvalue weighted by Gasteiger charge is 2.25. The number of piperidine rings is 1. The fourth-order valence-corrected chi connectivity index (χ4v) is 1.42. The Hall–Kier alpha value is -0.940. The Morgan fingerprint density at radius 2 is 2.27 bits per heavy atom. The molecule has 0 radical (unpaired) electrons. The van der Waals surface area contributed by atoms with E-state index in [-0.39, 0.29) is 24.0 Å². The lowest BCUT2D eigenvalue weighted by Gasteiger charge is -2.22. The van der Waals surface area contributed by atoms with E-state index in [4.69, 9.17) is 4.74 Å². The summed E-state index contributed by atoms with van der Waals surface area (Å²) in [6, 6.07) is -0.251. The summed E-state index contributed by atoms with van der Waals surface area (Å²) in [5.41, 5.74) is 0. The molecule has 1 unspecified atom stereocenters. The highest BCUT2D eigenvalue weighted by Crippen LogP contribution is 2.03. The van der Waals surface area contributed by atoms with Gasteiger partial charge in [0, 0.05) is 13.0 Å². The molecule has 1 heterocycles. The van der Waals surface area contributed by atoms with Crippen LogP contribution in [0.4, 0.5) is 0 Å². The fraction of sp³-hybridized carbons (Fsp3) is 0.800. The molecule has 2 N–H and O–H groups in total. The average Bonchev–Trinajstić information content (AvgIpc) is 2.14. The van der Waals surface area contributed by atoms with Gasteiger partial charge in [0.05, 0.1) is 18.8 Å². The number of hydrogen-bond donors (Lipinski definition) is 2. The van der Waals surface area contributed by atoms with Crippen molar-refractivity contribution in [2.75, 3.05) is 13.2 Å². The van der Waals surface area contributed by atoms with Crippen LogP contribution < -0.4 is 10.6 Å². The number of carbonyl (C=O) groups is 2. The summed E-state index contributed by atoms with van der Waals surface area (Å²) in [5, 5.41) is 5.36. The van der Waals surface area contributed by atoms with Crippen molar-refractivity contribution < 1.29 is 14.3 Å². The van der Waals surface area contributed by atoms with Gasteiger partial charge in [0.15, 0.2) is 0 Å². The average molecular weight is 214 g/mol. The van der Waals surface area contributed by atoms with Crippen LogP contribution in [0.15, 0.2) is 0 Å². The zero-order valence-electron chi connectivity index (χ0n) is 9.21. The maximum absolute atomic E-state index is 11.3. The molecule has 0 aromatic heterocycles. The molecule has 2 amide bonds. The van der Waals surface area contributed by atoms with Crippen LogP contribution in [0.3, 0.4) is 0 Å². The first kappa shape index (κ1) is 12.1. The second-order valence-corrected chi connectivity index (χ2v) is 3.88. The molecule has 1 rings (SSSR count). The van der Waals surface area contributed by atoms with Gasteiger partial charge in [-0.05, 0) is 20.3 Å². The largest absolute Gasteiger partial charge is 0.377 e. The van der Waals surface area contributed by atoms with Gasteiger partial charge < -0.3 is 10.1 Å². The molecule has 86 valence electrons. The van der Waals surface area contributed by atoms with E-state index in [0.717, 1.165) is 0 Å². The third kappa shape index (κ3) is 4.40. The topological polar surface area (TPSA) is 67.4 Å². The number of imide groups is 1. The van der Waals surface area contributed by atoms with Gasteiger partial charge in [0.25, 0.3) is 0 Å². The van der Waals surface area contributed by atoms with Crippen molar-refractivity contribution in [3.05, 3.63) is 0 Å². The first-order chi connectivity index (χ1) is 7.09. The Morgan fingerprint density at radius 1 is 1.53 bits per heavy atom. The van der Waals surface area contributed by atoms with Crippen LogP contribution in [0.2, 0.25) is 0 Å². The van der Waals surface area contributed by atoms with Crippen LogP contribution >= 0.6 is 0 Å². The van der Waals surface area contributed by atoms with Crippen LogP contribution in [0.5, 0.6) is 0 Å². The second-order valence-electron chi connectivity index (χ2n) is 3.88. The van der Waals surface area contributed by atoms with E-state index in [1.54, 1.807) is 0 Å². The maximum atomic E-state index is 11.3. The Labute approximate surface area is 89.6 Å². The van der Waals surface area contributed by atoms with Crippen molar-refractivity contribution >= 4 is 11.8 Å². The number of nitrogens with one attached hydrogen (secondary N) is 2. The minimum atomic E-state index is -0.251. The normalized spacial score (nSPS) is 21.9. The van der Waals surface area contributed by atoms with Crippen LogP contribution in [0, 0.1) is 0 Å². The SMILES string of the molecule is CC(C)OCCNC1CCC(=O)NC1=O. The van der Waals surface area contributed by atoms with E-state index in [9.17, 15) is 9.59 Å². The zero-order chi connectivity index (χ0) is 11.3. The Balaban J connectivity index is 2.16. The van der Waals surface area contributed by atoms with Crippen LogP contribution in [0.25, 0.3) is 0 Å². The summed E-state index contributed by atoms with van der Waals surface area (Å²) in [5.74, 6) is -0.410. The predicted molar refractivity (Wildman–Crippen MR) is 55.3 cm³/mol. The monoisotopic (exact) mass is 214 g/mol. The molecular formula is C10H18N2O3. The number of amides is 2. The van der Waals surface area contributed by atoms with E-state index in [2.05, 4.69) is 10.6 Å². The van der Waals surface area contributed by atoms with Gasteiger partial charge in [-0.2, -0.15) is 0 Å². The van der Waals surface area contributed by atoms with E-state index in [1.807, 2.05) is 13.8 Å². The summed E-state index contributed by atoms with van der Waals surface area (Å²) >= 11 is 0. The molecule has 1 atom stereocenters. The van der Waals surface area contributed by atoms with E-state index >= 15 is 0 Å². The number of hydrogen-bond acceptors (Lipinski definition) is 4. The molecule has 0 spiro atoms. The van der Waals surface area contributed by atoms with Crippen molar-refractivity contribution in [3.8, 4) is 0 Å². The summed E-state index contributed by atoms with van der Waals surface area (Å²) in [6.45, 7) is 5.14. The molecule has 15 heavy (non-hydrogen) atoms. The molecule has 0 bridgehead atoms. The number of ether oxygens (including phenoxy) is 1. The molecule has 0 aromatic rings. The molecule has 0 aliphatic carbocycles. The first-order valence-corrected chi connectivity index (χ1v) is 5.28. The Kier molecular flexibility index (Phi) is 4.71. The Morgan fingerprint density at radius 3 is 2.87 bits per heavy atom. The van der Waals surface area contributed by atoms with E-state index in [0.29, 0.717) is 26.0 Å². The summed E-state index contributed by atoms with van der Waals surface area (Å²) in [4.78, 5) is 22.2. The minimum absolute atomic E-state index is 0.184. The standard InChI is InChI=1S/C10H18N2O3/c1-7(2)15-6-5-11-8-3-4-9(13)12-10(8)14/h7-8,11H,3-6H2,1-2H3,(H,12,13,14). The number of carbonyl (C=O) groups excluding carboxylic acids is 2. The molecule has 1 aliphatic heterocycles. The minimum Gasteiger partial charge on any atom is -0.377 e. The lowest BCUT2D eigenvalue weighted by atomic mass is 10.1.